The maximum absolute atomic E-state index is 15.5. The van der Waals surface area contributed by atoms with Gasteiger partial charge in [0.1, 0.15) is 72.5 Å². The van der Waals surface area contributed by atoms with Crippen LogP contribution in [0.15, 0.2) is 39.2 Å². The monoisotopic (exact) mass is 1440 g/mol. The average Bonchev–Trinajstić information content (AvgIpc) is 0.787. The molecule has 0 radical (unpaired) electrons. The van der Waals surface area contributed by atoms with Crippen molar-refractivity contribution in [1.82, 2.24) is 58.1 Å². The first-order valence-electron chi connectivity index (χ1n) is 32.0. The number of hydrogen-bond acceptors (Lipinski definition) is 21. The van der Waals surface area contributed by atoms with E-state index in [0.717, 1.165) is 26.5 Å². The number of aliphatic imine (C=N–C) groups is 3. The van der Waals surface area contributed by atoms with Crippen molar-refractivity contribution in [3.8, 4) is 0 Å². The number of nitrogens with one attached hydrogen (secondary N) is 10. The first-order valence-corrected chi connectivity index (χ1v) is 34.5. The molecular weight excluding hydrogens is 1340 g/mol. The summed E-state index contributed by atoms with van der Waals surface area (Å²) in [6.45, 7) is 5.31. The lowest BCUT2D eigenvalue weighted by atomic mass is 9.92. The van der Waals surface area contributed by atoms with Gasteiger partial charge in [-0.25, -0.2) is 4.79 Å². The summed E-state index contributed by atoms with van der Waals surface area (Å²) in [5.74, 6) is -17.8. The van der Waals surface area contributed by atoms with Crippen LogP contribution >= 0.6 is 21.6 Å². The number of carboxylic acid groups (broad SMARTS) is 2. The fourth-order valence-electron chi connectivity index (χ4n) is 9.95. The Hall–Kier alpha value is -9.28. The van der Waals surface area contributed by atoms with Crippen molar-refractivity contribution in [3.63, 3.8) is 0 Å². The molecule has 14 atom stereocenters. The molecule has 552 valence electrons. The Morgan fingerprint density at radius 3 is 1.61 bits per heavy atom. The second-order valence-corrected chi connectivity index (χ2v) is 26.2. The summed E-state index contributed by atoms with van der Waals surface area (Å²) in [6, 6.07) is -12.7. The van der Waals surface area contributed by atoms with Crippen LogP contribution < -0.4 is 93.3 Å². The lowest BCUT2D eigenvalue weighted by Crippen LogP contribution is -2.63. The van der Waals surface area contributed by atoms with E-state index in [4.69, 9.17) is 40.1 Å². The third-order valence-electron chi connectivity index (χ3n) is 16.1. The summed E-state index contributed by atoms with van der Waals surface area (Å²) in [5, 5.41) is 65.0. The van der Waals surface area contributed by atoms with Crippen LogP contribution in [0.2, 0.25) is 0 Å². The number of hydrogen-bond donors (Lipinski definition) is 21. The normalized spacial score (nSPS) is 23.2. The molecule has 11 amide bonds. The number of carbonyl (C=O) groups excluding carboxylic acids is 11. The zero-order valence-electron chi connectivity index (χ0n) is 55.9. The molecule has 40 heteroatoms. The lowest BCUT2D eigenvalue weighted by Gasteiger charge is -2.38. The van der Waals surface area contributed by atoms with Crippen molar-refractivity contribution in [3.05, 3.63) is 35.4 Å². The predicted octanol–water partition coefficient (Wildman–Crippen LogP) is -7.67. The molecule has 1 fully saturated rings. The molecule has 2 heterocycles. The maximum atomic E-state index is 15.5. The molecule has 2 aliphatic heterocycles. The third kappa shape index (κ3) is 28.2. The largest absolute Gasteiger partial charge is 0.481 e. The molecule has 1 saturated heterocycles. The molecular formula is C59H97N21O17S2. The number of carboxylic acids is 2. The Labute approximate surface area is 579 Å². The van der Waals surface area contributed by atoms with Crippen LogP contribution in [0, 0.1) is 11.8 Å². The highest BCUT2D eigenvalue weighted by Gasteiger charge is 2.42. The van der Waals surface area contributed by atoms with E-state index in [1.165, 1.54) is 6.92 Å². The van der Waals surface area contributed by atoms with Crippen molar-refractivity contribution in [2.24, 2.45) is 66.9 Å². The number of rotatable bonds is 28. The fraction of sp³-hybridized carbons (Fsp3) is 0.627. The summed E-state index contributed by atoms with van der Waals surface area (Å²) >= 11 is 0. The molecule has 3 rings (SSSR count). The summed E-state index contributed by atoms with van der Waals surface area (Å²) in [4.78, 5) is 196. The Morgan fingerprint density at radius 1 is 0.606 bits per heavy atom. The number of guanidine groups is 3. The number of fused-ring (bicyclic) bond motifs is 1. The highest BCUT2D eigenvalue weighted by atomic mass is 33.1. The van der Waals surface area contributed by atoms with Gasteiger partial charge in [-0.1, -0.05) is 86.4 Å². The van der Waals surface area contributed by atoms with E-state index in [-0.39, 0.29) is 102 Å². The van der Waals surface area contributed by atoms with Crippen molar-refractivity contribution in [2.45, 2.75) is 178 Å². The first-order chi connectivity index (χ1) is 46.8. The molecule has 0 spiro atoms. The molecule has 28 N–H and O–H groups in total. The topological polar surface area (TPSA) is 646 Å². The van der Waals surface area contributed by atoms with Gasteiger partial charge in [0, 0.05) is 44.1 Å². The fourth-order valence-corrected chi connectivity index (χ4v) is 12.3. The zero-order chi connectivity index (χ0) is 74.2. The summed E-state index contributed by atoms with van der Waals surface area (Å²) in [5.41, 5.74) is 39.9. The minimum Gasteiger partial charge on any atom is -0.481 e. The van der Waals surface area contributed by atoms with Gasteiger partial charge < -0.3 is 119 Å². The molecule has 0 bridgehead atoms. The van der Waals surface area contributed by atoms with Gasteiger partial charge in [0.25, 0.3) is 0 Å². The average molecular weight is 1440 g/mol. The standard InChI is InChI=1S/C59H97N21O17S2/c1-6-28(3)43-53(93)74-37(22-42(83)84)49(89)72-35(16-11-19-68-58(63)64)48(88)79-44(29(4)7-2)54(94)77-40(55(95)80-23-32-14-9-8-13-31(32)21-41(80)52(92)73-36(56(96)97)17-12-20-69-59(65)66)27-99-98-26-39(76-50(90)38(25-82)75-46(86)33(60)24-81)51(91)70-30(5)45(85)71-34(47(87)78-43)15-10-18-67-57(61)62/h8-9,13-14,28-30,33-41,43-44,81-82H,6-7,10-12,15-27,60H2,1-5H3,(H,70,91)(H,71,85)(H,72,89)(H,73,92)(H,74,93)(H,75,86)(H,76,90)(H,77,94)(H,78,87)(H,79,88)(H,83,84)(H,96,97)(H4,61,62,67)(H4,63,64,68)(H4,65,66,69)/t28-,29-,30+,33-,34-,35-,36-,37?,38-,39-,40-,41+,43-,44?/m0/s1. The first kappa shape index (κ1) is 83.9. The van der Waals surface area contributed by atoms with E-state index in [0.29, 0.717) is 11.1 Å². The number of amides is 11. The Bertz CT molecular complexity index is 3080. The molecule has 38 nitrogen and oxygen atoms in total. The second kappa shape index (κ2) is 42.5. The Morgan fingerprint density at radius 2 is 1.10 bits per heavy atom. The minimum absolute atomic E-state index is 0.0152. The van der Waals surface area contributed by atoms with Crippen LogP contribution in [-0.4, -0.2) is 237 Å². The summed E-state index contributed by atoms with van der Waals surface area (Å²) < 4.78 is 0. The van der Waals surface area contributed by atoms with Crippen molar-refractivity contribution < 1.29 is 82.8 Å². The maximum Gasteiger partial charge on any atom is 0.326 e. The van der Waals surface area contributed by atoms with E-state index in [2.05, 4.69) is 68.1 Å². The number of benzene rings is 1. The van der Waals surface area contributed by atoms with Crippen LogP contribution in [0.3, 0.4) is 0 Å². The van der Waals surface area contributed by atoms with Crippen LogP contribution in [0.25, 0.3) is 0 Å². The summed E-state index contributed by atoms with van der Waals surface area (Å²) in [6.07, 6.45) is -1.39. The number of carbonyl (C=O) groups is 13. The zero-order valence-corrected chi connectivity index (χ0v) is 57.5. The molecule has 0 saturated carbocycles. The molecule has 1 aromatic carbocycles. The van der Waals surface area contributed by atoms with Crippen LogP contribution in [0.1, 0.15) is 104 Å². The molecule has 0 aromatic heterocycles. The van der Waals surface area contributed by atoms with Crippen LogP contribution in [-0.2, 0) is 75.3 Å². The van der Waals surface area contributed by atoms with Crippen LogP contribution in [0.4, 0.5) is 0 Å². The van der Waals surface area contributed by atoms with E-state index < -0.39 is 192 Å². The van der Waals surface area contributed by atoms with E-state index in [1.54, 1.807) is 52.0 Å². The number of nitrogens with two attached hydrogens (primary N) is 7. The SMILES string of the molecule is CC[C@H](C)C1NC(=O)[C@H](CCCN=C(N)N)NC(=O)C(CC(=O)O)NC(=O)[C@H]([C@@H](C)CC)NC(=O)[C@H](CCCN=C(N)N)NC(=O)[C@@H](C)NC(=O)[C@@H](NC(=O)[C@H](CO)NC(=O)[C@@H](N)CO)CSSC[C@@H](C(=O)N2Cc3ccccc3C[C@@H]2C(=O)N[C@@H](CCCN=C(N)N)C(=O)O)NC1=O. The Kier molecular flexibility index (Phi) is 36.0. The summed E-state index contributed by atoms with van der Waals surface area (Å²) in [7, 11) is 1.63. The molecule has 1 aromatic rings. The lowest BCUT2D eigenvalue weighted by molar-refractivity contribution is -0.147. The van der Waals surface area contributed by atoms with Crippen molar-refractivity contribution >= 4 is 116 Å². The third-order valence-corrected chi connectivity index (χ3v) is 18.5. The van der Waals surface area contributed by atoms with Crippen LogP contribution in [0.5, 0.6) is 0 Å². The van der Waals surface area contributed by atoms with Gasteiger partial charge in [-0.2, -0.15) is 0 Å². The van der Waals surface area contributed by atoms with Gasteiger partial charge in [0.15, 0.2) is 17.9 Å². The van der Waals surface area contributed by atoms with E-state index in [9.17, 15) is 73.2 Å². The van der Waals surface area contributed by atoms with Gasteiger partial charge in [0.2, 0.25) is 65.0 Å². The van der Waals surface area contributed by atoms with Gasteiger partial charge in [0.05, 0.1) is 19.6 Å². The highest BCUT2D eigenvalue weighted by molar-refractivity contribution is 8.76. The number of nitrogens with zero attached hydrogens (tertiary/aromatic N) is 4. The van der Waals surface area contributed by atoms with Gasteiger partial charge in [-0.15, -0.1) is 0 Å². The minimum atomic E-state index is -1.95. The molecule has 99 heavy (non-hydrogen) atoms. The quantitative estimate of drug-likeness (QED) is 0.0160. The number of aliphatic carboxylic acids is 2. The van der Waals surface area contributed by atoms with Crippen molar-refractivity contribution in [2.75, 3.05) is 44.4 Å². The molecule has 2 unspecified atom stereocenters. The molecule has 2 aliphatic rings. The number of aliphatic hydroxyl groups is 2. The number of aliphatic hydroxyl groups excluding tert-OH is 2. The van der Waals surface area contributed by atoms with Gasteiger partial charge in [-0.05, 0) is 68.4 Å². The highest BCUT2D eigenvalue weighted by Crippen LogP contribution is 2.28. The van der Waals surface area contributed by atoms with Gasteiger partial charge >= 0.3 is 11.9 Å². The van der Waals surface area contributed by atoms with E-state index in [1.807, 2.05) is 0 Å². The smallest absolute Gasteiger partial charge is 0.326 e. The van der Waals surface area contributed by atoms with Crippen molar-refractivity contribution in [1.29, 1.82) is 0 Å². The second-order valence-electron chi connectivity index (χ2n) is 23.7. The molecule has 0 aliphatic carbocycles. The Balaban J connectivity index is 2.37. The van der Waals surface area contributed by atoms with Gasteiger partial charge in [-0.3, -0.25) is 72.5 Å². The van der Waals surface area contributed by atoms with E-state index >= 15 is 9.59 Å². The predicted molar refractivity (Wildman–Crippen MR) is 365 cm³/mol.